The summed E-state index contributed by atoms with van der Waals surface area (Å²) in [7, 11) is 0. The van der Waals surface area contributed by atoms with Gasteiger partial charge in [-0.15, -0.1) is 6.42 Å². The van der Waals surface area contributed by atoms with E-state index in [2.05, 4.69) is 16.6 Å². The smallest absolute Gasteiger partial charge is 0.338 e. The third-order valence-electron chi connectivity index (χ3n) is 3.75. The van der Waals surface area contributed by atoms with Crippen LogP contribution in [0.15, 0.2) is 42.5 Å². The highest BCUT2D eigenvalue weighted by Gasteiger charge is 2.23. The summed E-state index contributed by atoms with van der Waals surface area (Å²) in [4.78, 5) is 37.7. The van der Waals surface area contributed by atoms with Crippen LogP contribution in [0.1, 0.15) is 67.8 Å². The van der Waals surface area contributed by atoms with Crippen LogP contribution in [0.3, 0.4) is 0 Å². The lowest BCUT2D eigenvalue weighted by Gasteiger charge is -2.21. The largest absolute Gasteiger partial charge is 0.456 e. The summed E-state index contributed by atoms with van der Waals surface area (Å²) in [5, 5.41) is 5.29. The van der Waals surface area contributed by atoms with Crippen LogP contribution < -0.4 is 10.6 Å². The fourth-order valence-electron chi connectivity index (χ4n) is 2.59. The second kappa shape index (κ2) is 9.56. The van der Waals surface area contributed by atoms with E-state index in [1.54, 1.807) is 65.8 Å². The van der Waals surface area contributed by atoms with Gasteiger partial charge in [-0.2, -0.15) is 0 Å². The lowest BCUT2D eigenvalue weighted by Crippen LogP contribution is -2.26. The van der Waals surface area contributed by atoms with E-state index < -0.39 is 29.2 Å². The Hall–Kier alpha value is -3.79. The maximum atomic E-state index is 12.6. The monoisotopic (exact) mass is 436 g/mol. The zero-order valence-electron chi connectivity index (χ0n) is 19.2. The normalized spacial score (nSPS) is 11.2. The molecule has 7 heteroatoms. The Morgan fingerprint density at radius 2 is 1.28 bits per heavy atom. The van der Waals surface area contributed by atoms with Crippen molar-refractivity contribution in [1.29, 1.82) is 0 Å². The molecule has 0 heterocycles. The minimum Gasteiger partial charge on any atom is -0.456 e. The molecular weight excluding hydrogens is 408 g/mol. The molecule has 168 valence electrons. The van der Waals surface area contributed by atoms with Crippen LogP contribution in [-0.4, -0.2) is 29.2 Å². The molecule has 0 radical (unpaired) electrons. The van der Waals surface area contributed by atoms with Gasteiger partial charge in [-0.25, -0.2) is 14.4 Å². The number of carbonyl (C=O) groups is 3. The van der Waals surface area contributed by atoms with Crippen molar-refractivity contribution >= 4 is 29.3 Å². The van der Waals surface area contributed by atoms with E-state index in [0.717, 1.165) is 0 Å². The van der Waals surface area contributed by atoms with Gasteiger partial charge in [-0.05, 0) is 77.9 Å². The average molecular weight is 437 g/mol. The molecule has 2 N–H and O–H groups in total. The predicted molar refractivity (Wildman–Crippen MR) is 124 cm³/mol. The number of hydrogen-bond donors (Lipinski definition) is 2. The van der Waals surface area contributed by atoms with Crippen LogP contribution in [0.25, 0.3) is 0 Å². The van der Waals surface area contributed by atoms with Gasteiger partial charge in [0, 0.05) is 16.9 Å². The molecule has 2 aromatic rings. The number of hydrogen-bond acceptors (Lipinski definition) is 5. The minimum atomic E-state index is -0.730. The first kappa shape index (κ1) is 24.5. The Bertz CT molecular complexity index is 1020. The molecular formula is C25H28N2O5. The second-order valence-corrected chi connectivity index (χ2v) is 9.11. The van der Waals surface area contributed by atoms with E-state index in [1.807, 2.05) is 0 Å². The molecule has 2 rings (SSSR count). The van der Waals surface area contributed by atoms with Gasteiger partial charge >= 0.3 is 18.0 Å². The fraction of sp³-hybridized carbons (Fsp3) is 0.320. The molecule has 0 aliphatic heterocycles. The van der Waals surface area contributed by atoms with E-state index in [4.69, 9.17) is 15.9 Å². The van der Waals surface area contributed by atoms with E-state index in [9.17, 15) is 14.4 Å². The van der Waals surface area contributed by atoms with Crippen LogP contribution in [0.5, 0.6) is 0 Å². The van der Waals surface area contributed by atoms with Crippen molar-refractivity contribution in [3.63, 3.8) is 0 Å². The number of amides is 2. The number of esters is 2. The molecule has 0 atom stereocenters. The van der Waals surface area contributed by atoms with E-state index in [-0.39, 0.29) is 16.8 Å². The second-order valence-electron chi connectivity index (χ2n) is 9.11. The molecule has 7 nitrogen and oxygen atoms in total. The van der Waals surface area contributed by atoms with Crippen molar-refractivity contribution < 1.29 is 23.9 Å². The highest BCUT2D eigenvalue weighted by molar-refractivity contribution is 6.03. The Balaban J connectivity index is 2.32. The van der Waals surface area contributed by atoms with Crippen LogP contribution in [0, 0.1) is 12.3 Å². The van der Waals surface area contributed by atoms with Crippen LogP contribution in [-0.2, 0) is 9.47 Å². The Kier molecular flexibility index (Phi) is 7.32. The fourth-order valence-corrected chi connectivity index (χ4v) is 2.59. The van der Waals surface area contributed by atoms with Crippen molar-refractivity contribution in [2.75, 3.05) is 10.6 Å². The average Bonchev–Trinajstić information content (AvgIpc) is 2.65. The van der Waals surface area contributed by atoms with Gasteiger partial charge in [0.15, 0.2) is 0 Å². The Labute approximate surface area is 188 Å². The number of rotatable bonds is 4. The highest BCUT2D eigenvalue weighted by Crippen LogP contribution is 2.21. The molecule has 0 unspecified atom stereocenters. The minimum absolute atomic E-state index is 0.105. The quantitative estimate of drug-likeness (QED) is 0.506. The SMILES string of the molecule is C#Cc1cccc(NC(=O)Nc2cc(C(=O)OC(C)(C)C)cc(C(=O)OC(C)(C)C)c2)c1. The number of nitrogens with one attached hydrogen (secondary N) is 2. The summed E-state index contributed by atoms with van der Waals surface area (Å²) >= 11 is 0. The van der Waals surface area contributed by atoms with Crippen molar-refractivity contribution in [1.82, 2.24) is 0 Å². The first-order valence-electron chi connectivity index (χ1n) is 10.0. The molecule has 32 heavy (non-hydrogen) atoms. The summed E-state index contributed by atoms with van der Waals surface area (Å²) in [6, 6.07) is 10.4. The van der Waals surface area contributed by atoms with E-state index >= 15 is 0 Å². The summed E-state index contributed by atoms with van der Waals surface area (Å²) in [6.45, 7) is 10.4. The highest BCUT2D eigenvalue weighted by atomic mass is 16.6. The zero-order chi connectivity index (χ0) is 24.1. The Morgan fingerprint density at radius 3 is 1.75 bits per heavy atom. The lowest BCUT2D eigenvalue weighted by molar-refractivity contribution is 0.00676. The van der Waals surface area contributed by atoms with Gasteiger partial charge in [0.1, 0.15) is 11.2 Å². The van der Waals surface area contributed by atoms with Crippen LogP contribution in [0.4, 0.5) is 16.2 Å². The molecule has 0 fully saturated rings. The number of terminal acetylenes is 1. The zero-order valence-corrected chi connectivity index (χ0v) is 19.2. The predicted octanol–water partition coefficient (Wildman–Crippen LogP) is 5.22. The molecule has 2 aromatic carbocycles. The lowest BCUT2D eigenvalue weighted by atomic mass is 10.1. The van der Waals surface area contributed by atoms with Gasteiger partial charge in [-0.1, -0.05) is 12.0 Å². The molecule has 0 aliphatic rings. The number of ether oxygens (including phenoxy) is 2. The van der Waals surface area contributed by atoms with Crippen molar-refractivity contribution in [3.05, 3.63) is 59.2 Å². The number of urea groups is 1. The molecule has 0 bridgehead atoms. The van der Waals surface area contributed by atoms with Gasteiger partial charge < -0.3 is 20.1 Å². The van der Waals surface area contributed by atoms with E-state index in [1.165, 1.54) is 18.2 Å². The summed E-state index contributed by atoms with van der Waals surface area (Å²) < 4.78 is 10.8. The van der Waals surface area contributed by atoms with Gasteiger partial charge in [0.25, 0.3) is 0 Å². The Morgan fingerprint density at radius 1 is 0.781 bits per heavy atom. The third-order valence-corrected chi connectivity index (χ3v) is 3.75. The number of anilines is 2. The van der Waals surface area contributed by atoms with Gasteiger partial charge in [0.05, 0.1) is 11.1 Å². The van der Waals surface area contributed by atoms with Gasteiger partial charge in [0.2, 0.25) is 0 Å². The van der Waals surface area contributed by atoms with Crippen molar-refractivity contribution in [3.8, 4) is 12.3 Å². The maximum absolute atomic E-state index is 12.6. The molecule has 0 aliphatic carbocycles. The molecule has 0 spiro atoms. The van der Waals surface area contributed by atoms with Crippen molar-refractivity contribution in [2.24, 2.45) is 0 Å². The first-order chi connectivity index (χ1) is 14.8. The summed E-state index contributed by atoms with van der Waals surface area (Å²) in [5.74, 6) is 1.23. The first-order valence-corrected chi connectivity index (χ1v) is 10.0. The molecule has 0 saturated heterocycles. The van der Waals surface area contributed by atoms with Crippen LogP contribution in [0.2, 0.25) is 0 Å². The molecule has 2 amide bonds. The number of benzene rings is 2. The van der Waals surface area contributed by atoms with E-state index in [0.29, 0.717) is 11.3 Å². The maximum Gasteiger partial charge on any atom is 0.338 e. The summed E-state index contributed by atoms with van der Waals surface area (Å²) in [6.07, 6.45) is 5.38. The molecule has 0 aromatic heterocycles. The number of carbonyl (C=O) groups excluding carboxylic acids is 3. The van der Waals surface area contributed by atoms with Gasteiger partial charge in [-0.3, -0.25) is 0 Å². The van der Waals surface area contributed by atoms with Crippen molar-refractivity contribution in [2.45, 2.75) is 52.7 Å². The standard InChI is InChI=1S/C25H28N2O5/c1-8-16-10-9-11-19(12-16)26-23(30)27-20-14-17(21(28)31-24(2,3)4)13-18(15-20)22(29)32-25(5,6)7/h1,9-15H,2-7H3,(H2,26,27,30). The third kappa shape index (κ3) is 7.80. The summed E-state index contributed by atoms with van der Waals surface area (Å²) in [5.41, 5.74) is 0.0779. The van der Waals surface area contributed by atoms with Crippen LogP contribution >= 0.6 is 0 Å². The topological polar surface area (TPSA) is 93.7 Å². The molecule has 0 saturated carbocycles.